The van der Waals surface area contributed by atoms with E-state index in [9.17, 15) is 8.42 Å². The Kier molecular flexibility index (Phi) is 2.37. The maximum Gasteiger partial charge on any atom is 0.262 e. The van der Waals surface area contributed by atoms with Crippen molar-refractivity contribution in [1.29, 1.82) is 0 Å². The van der Waals surface area contributed by atoms with Gasteiger partial charge in [-0.15, -0.1) is 0 Å². The molecule has 19 heavy (non-hydrogen) atoms. The molecule has 1 aliphatic heterocycles. The molecule has 98 valence electrons. The molecule has 0 spiro atoms. The Hall–Kier alpha value is -2.01. The quantitative estimate of drug-likeness (QED) is 0.725. The van der Waals surface area contributed by atoms with Crippen molar-refractivity contribution in [2.45, 2.75) is 18.7 Å². The SMILES string of the molecule is Cc1cc(N)c(C)c2c1NS(=O)(=O)c1ccccc1-2. The summed E-state index contributed by atoms with van der Waals surface area (Å²) in [4.78, 5) is 0.301. The van der Waals surface area contributed by atoms with Crippen molar-refractivity contribution in [2.24, 2.45) is 0 Å². The molecule has 2 aromatic rings. The maximum absolute atomic E-state index is 12.2. The topological polar surface area (TPSA) is 72.2 Å². The van der Waals surface area contributed by atoms with Gasteiger partial charge in [0.1, 0.15) is 0 Å². The molecule has 0 aromatic heterocycles. The van der Waals surface area contributed by atoms with Gasteiger partial charge in [0.05, 0.1) is 10.6 Å². The number of benzene rings is 2. The lowest BCUT2D eigenvalue weighted by atomic mass is 9.94. The molecule has 3 N–H and O–H groups in total. The van der Waals surface area contributed by atoms with Gasteiger partial charge >= 0.3 is 0 Å². The van der Waals surface area contributed by atoms with Crippen LogP contribution in [0.5, 0.6) is 0 Å². The first-order valence-corrected chi connectivity index (χ1v) is 7.42. The molecule has 2 aromatic carbocycles. The Balaban J connectivity index is 2.50. The van der Waals surface area contributed by atoms with Gasteiger partial charge in [-0.25, -0.2) is 8.42 Å². The lowest BCUT2D eigenvalue weighted by Gasteiger charge is -2.25. The van der Waals surface area contributed by atoms with Gasteiger partial charge in [0.15, 0.2) is 0 Å². The highest BCUT2D eigenvalue weighted by Gasteiger charge is 2.29. The largest absolute Gasteiger partial charge is 0.398 e. The van der Waals surface area contributed by atoms with Crippen molar-refractivity contribution in [1.82, 2.24) is 0 Å². The fourth-order valence-electron chi connectivity index (χ4n) is 2.51. The van der Waals surface area contributed by atoms with Crippen molar-refractivity contribution < 1.29 is 8.42 Å². The van der Waals surface area contributed by atoms with E-state index in [1.165, 1.54) is 0 Å². The summed E-state index contributed by atoms with van der Waals surface area (Å²) in [6, 6.07) is 8.78. The van der Waals surface area contributed by atoms with Crippen molar-refractivity contribution in [3.63, 3.8) is 0 Å². The van der Waals surface area contributed by atoms with Gasteiger partial charge in [-0.05, 0) is 37.1 Å². The summed E-state index contributed by atoms with van der Waals surface area (Å²) in [5, 5.41) is 0. The van der Waals surface area contributed by atoms with E-state index >= 15 is 0 Å². The van der Waals surface area contributed by atoms with Gasteiger partial charge in [0.2, 0.25) is 0 Å². The van der Waals surface area contributed by atoms with E-state index in [-0.39, 0.29) is 0 Å². The number of rotatable bonds is 0. The van der Waals surface area contributed by atoms with E-state index in [1.807, 2.05) is 26.0 Å². The van der Waals surface area contributed by atoms with E-state index in [2.05, 4.69) is 4.72 Å². The number of anilines is 2. The third-order valence-corrected chi connectivity index (χ3v) is 4.91. The summed E-state index contributed by atoms with van der Waals surface area (Å²) >= 11 is 0. The monoisotopic (exact) mass is 274 g/mol. The molecule has 5 heteroatoms. The van der Waals surface area contributed by atoms with Crippen LogP contribution < -0.4 is 10.5 Å². The third kappa shape index (κ3) is 1.62. The second kappa shape index (κ2) is 3.74. The van der Waals surface area contributed by atoms with Crippen LogP contribution in [0.4, 0.5) is 11.4 Å². The molecule has 0 saturated carbocycles. The Morgan fingerprint density at radius 1 is 1.16 bits per heavy atom. The van der Waals surface area contributed by atoms with E-state index in [0.717, 1.165) is 16.7 Å². The van der Waals surface area contributed by atoms with Crippen molar-refractivity contribution in [3.05, 3.63) is 41.5 Å². The average molecular weight is 274 g/mol. The van der Waals surface area contributed by atoms with Gasteiger partial charge in [-0.1, -0.05) is 18.2 Å². The minimum atomic E-state index is -3.50. The predicted octanol–water partition coefficient (Wildman–Crippen LogP) is 2.67. The summed E-state index contributed by atoms with van der Waals surface area (Å²) in [6.45, 7) is 3.76. The van der Waals surface area contributed by atoms with Crippen LogP contribution in [0.2, 0.25) is 0 Å². The van der Waals surface area contributed by atoms with Gasteiger partial charge in [0.25, 0.3) is 10.0 Å². The highest BCUT2D eigenvalue weighted by Crippen LogP contribution is 2.44. The predicted molar refractivity (Wildman–Crippen MR) is 76.6 cm³/mol. The Labute approximate surface area is 112 Å². The van der Waals surface area contributed by atoms with E-state index < -0.39 is 10.0 Å². The minimum Gasteiger partial charge on any atom is -0.398 e. The minimum absolute atomic E-state index is 0.301. The number of hydrogen-bond donors (Lipinski definition) is 2. The van der Waals surface area contributed by atoms with Crippen LogP contribution in [-0.2, 0) is 10.0 Å². The third-order valence-electron chi connectivity index (χ3n) is 3.51. The Morgan fingerprint density at radius 3 is 2.58 bits per heavy atom. The number of nitrogens with one attached hydrogen (secondary N) is 1. The summed E-state index contributed by atoms with van der Waals surface area (Å²) in [5.74, 6) is 0. The van der Waals surface area contributed by atoms with Gasteiger partial charge < -0.3 is 5.73 Å². The molecule has 0 amide bonds. The number of nitrogens with two attached hydrogens (primary N) is 1. The first kappa shape index (κ1) is 12.0. The molecule has 1 aliphatic rings. The number of sulfonamides is 1. The van der Waals surface area contributed by atoms with Gasteiger partial charge in [-0.2, -0.15) is 0 Å². The molecule has 0 atom stereocenters. The molecule has 0 aliphatic carbocycles. The van der Waals surface area contributed by atoms with Crippen molar-refractivity contribution in [2.75, 3.05) is 10.5 Å². The van der Waals surface area contributed by atoms with Crippen LogP contribution in [0.25, 0.3) is 11.1 Å². The Morgan fingerprint density at radius 2 is 1.84 bits per heavy atom. The molecule has 3 rings (SSSR count). The van der Waals surface area contributed by atoms with E-state index in [4.69, 9.17) is 5.73 Å². The van der Waals surface area contributed by atoms with Crippen molar-refractivity contribution >= 4 is 21.4 Å². The number of nitrogen functional groups attached to an aromatic ring is 1. The maximum atomic E-state index is 12.2. The molecule has 4 nitrogen and oxygen atoms in total. The number of fused-ring (bicyclic) bond motifs is 3. The smallest absolute Gasteiger partial charge is 0.262 e. The van der Waals surface area contributed by atoms with Crippen LogP contribution in [0.15, 0.2) is 35.2 Å². The molecular formula is C14H14N2O2S. The lowest BCUT2D eigenvalue weighted by molar-refractivity contribution is 0.601. The molecule has 0 unspecified atom stereocenters. The van der Waals surface area contributed by atoms with Gasteiger partial charge in [0, 0.05) is 16.8 Å². The molecule has 0 radical (unpaired) electrons. The Bertz CT molecular complexity index is 795. The molecule has 0 bridgehead atoms. The number of hydrogen-bond acceptors (Lipinski definition) is 3. The summed E-state index contributed by atoms with van der Waals surface area (Å²) in [7, 11) is -3.50. The second-order valence-corrected chi connectivity index (χ2v) is 6.41. The molecular weight excluding hydrogens is 260 g/mol. The zero-order valence-corrected chi connectivity index (χ0v) is 11.5. The summed E-state index contributed by atoms with van der Waals surface area (Å²) < 4.78 is 27.1. The molecule has 0 saturated heterocycles. The van der Waals surface area contributed by atoms with Crippen LogP contribution in [0.1, 0.15) is 11.1 Å². The fraction of sp³-hybridized carbons (Fsp3) is 0.143. The normalized spacial score (nSPS) is 15.3. The van der Waals surface area contributed by atoms with Gasteiger partial charge in [-0.3, -0.25) is 4.72 Å². The zero-order chi connectivity index (χ0) is 13.8. The van der Waals surface area contributed by atoms with E-state index in [1.54, 1.807) is 18.2 Å². The van der Waals surface area contributed by atoms with Crippen LogP contribution in [-0.4, -0.2) is 8.42 Å². The number of aryl methyl sites for hydroxylation is 1. The standard InChI is InChI=1S/C14H14N2O2S/c1-8-7-11(15)9(2)13-10-5-3-4-6-12(10)19(17,18)16-14(8)13/h3-7,16H,15H2,1-2H3. The first-order valence-electron chi connectivity index (χ1n) is 5.93. The fourth-order valence-corrected chi connectivity index (χ4v) is 3.87. The van der Waals surface area contributed by atoms with Crippen LogP contribution in [0.3, 0.4) is 0 Å². The molecule has 1 heterocycles. The summed E-state index contributed by atoms with van der Waals surface area (Å²) in [5.41, 5.74) is 10.6. The lowest BCUT2D eigenvalue weighted by Crippen LogP contribution is -2.20. The van der Waals surface area contributed by atoms with Crippen LogP contribution in [0, 0.1) is 13.8 Å². The highest BCUT2D eigenvalue weighted by molar-refractivity contribution is 7.93. The first-order chi connectivity index (χ1) is 8.92. The van der Waals surface area contributed by atoms with E-state index in [0.29, 0.717) is 21.8 Å². The molecule has 0 fully saturated rings. The van der Waals surface area contributed by atoms with Crippen molar-refractivity contribution in [3.8, 4) is 11.1 Å². The summed E-state index contributed by atoms with van der Waals surface area (Å²) in [6.07, 6.45) is 0. The highest BCUT2D eigenvalue weighted by atomic mass is 32.2. The zero-order valence-electron chi connectivity index (χ0n) is 10.7. The van der Waals surface area contributed by atoms with Crippen LogP contribution >= 0.6 is 0 Å². The second-order valence-electron chi connectivity index (χ2n) is 4.76. The average Bonchev–Trinajstić information content (AvgIpc) is 2.36.